The Morgan fingerprint density at radius 3 is 2.22 bits per heavy atom. The lowest BCUT2D eigenvalue weighted by Gasteiger charge is -1.98. The van der Waals surface area contributed by atoms with Gasteiger partial charge in [-0.05, 0) is 0 Å². The van der Waals surface area contributed by atoms with E-state index in [1.54, 1.807) is 15.9 Å². The normalized spacial score (nSPS) is 13.6. The lowest BCUT2D eigenvalue weighted by molar-refractivity contribution is -0.341. The van der Waals surface area contributed by atoms with E-state index < -0.39 is 13.3 Å². The van der Waals surface area contributed by atoms with Crippen LogP contribution in [-0.2, 0) is 14.1 Å². The standard InChI is InChI=1S/CBrF2O4P/c2-1(3,4)7-8-9(5)6/p+1. The summed E-state index contributed by atoms with van der Waals surface area (Å²) in [6, 6.07) is 0. The molecule has 0 amide bonds. The van der Waals surface area contributed by atoms with Gasteiger partial charge >= 0.3 is 13.3 Å². The SMILES string of the molecule is O=[P+](O)OOC(F)(F)Br. The molecule has 0 bridgehead atoms. The zero-order valence-electron chi connectivity index (χ0n) is 3.75. The lowest BCUT2D eigenvalue weighted by Crippen LogP contribution is -2.08. The maximum absolute atomic E-state index is 11.4. The first-order chi connectivity index (χ1) is 3.92. The quantitative estimate of drug-likeness (QED) is 0.343. The summed E-state index contributed by atoms with van der Waals surface area (Å²) in [5.41, 5.74) is 0. The van der Waals surface area contributed by atoms with Gasteiger partial charge in [-0.2, -0.15) is 8.78 Å². The van der Waals surface area contributed by atoms with Crippen LogP contribution in [0.5, 0.6) is 0 Å². The summed E-state index contributed by atoms with van der Waals surface area (Å²) in [4.78, 5) is 10.8. The fraction of sp³-hybridized carbons (Fsp3) is 1.00. The van der Waals surface area contributed by atoms with Crippen molar-refractivity contribution in [1.82, 2.24) is 0 Å². The zero-order chi connectivity index (χ0) is 7.49. The van der Waals surface area contributed by atoms with E-state index in [-0.39, 0.29) is 0 Å². The second-order valence-corrected chi connectivity index (χ2v) is 2.39. The predicted molar refractivity (Wildman–Crippen MR) is 25.9 cm³/mol. The Bertz CT molecular complexity index is 112. The molecule has 0 spiro atoms. The molecule has 0 fully saturated rings. The summed E-state index contributed by atoms with van der Waals surface area (Å²) >= 11 is 1.69. The van der Waals surface area contributed by atoms with Crippen molar-refractivity contribution in [3.8, 4) is 0 Å². The monoisotopic (exact) mass is 225 g/mol. The average Bonchev–Trinajstić information content (AvgIpc) is 1.59. The van der Waals surface area contributed by atoms with Gasteiger partial charge in [0.1, 0.15) is 0 Å². The Morgan fingerprint density at radius 1 is 1.67 bits per heavy atom. The van der Waals surface area contributed by atoms with Crippen molar-refractivity contribution < 1.29 is 27.8 Å². The van der Waals surface area contributed by atoms with Gasteiger partial charge in [0, 0.05) is 20.5 Å². The molecule has 1 atom stereocenters. The fourth-order valence-electron chi connectivity index (χ4n) is 0.0741. The molecule has 9 heavy (non-hydrogen) atoms. The van der Waals surface area contributed by atoms with E-state index in [1.165, 1.54) is 0 Å². The van der Waals surface area contributed by atoms with E-state index in [1.807, 2.05) is 0 Å². The molecule has 1 N–H and O–H groups in total. The van der Waals surface area contributed by atoms with Gasteiger partial charge in [0.2, 0.25) is 0 Å². The minimum absolute atomic E-state index is 1.69. The molecule has 0 aliphatic rings. The Balaban J connectivity index is 3.39. The van der Waals surface area contributed by atoms with Gasteiger partial charge in [-0.25, -0.2) is 0 Å². The Kier molecular flexibility index (Phi) is 3.60. The van der Waals surface area contributed by atoms with Crippen LogP contribution >= 0.6 is 24.2 Å². The van der Waals surface area contributed by atoms with Crippen molar-refractivity contribution >= 4 is 24.2 Å². The van der Waals surface area contributed by atoms with Crippen molar-refractivity contribution in [2.24, 2.45) is 0 Å². The third-order valence-corrected chi connectivity index (χ3v) is 0.530. The molecule has 0 aliphatic carbocycles. The molecule has 0 saturated carbocycles. The molecule has 1 unspecified atom stereocenters. The number of alkyl halides is 3. The molecule has 0 aromatic heterocycles. The third kappa shape index (κ3) is 8.32. The van der Waals surface area contributed by atoms with Gasteiger partial charge in [0.25, 0.3) is 0 Å². The van der Waals surface area contributed by atoms with Gasteiger partial charge in [-0.15, -0.1) is 9.78 Å². The molecular weight excluding hydrogens is 225 g/mol. The third-order valence-electron chi connectivity index (χ3n) is 0.196. The summed E-state index contributed by atoms with van der Waals surface area (Å²) in [5, 5.41) is -3.72. The van der Waals surface area contributed by atoms with E-state index in [9.17, 15) is 13.3 Å². The number of halogens is 3. The van der Waals surface area contributed by atoms with E-state index in [2.05, 4.69) is 9.56 Å². The Morgan fingerprint density at radius 2 is 2.11 bits per heavy atom. The maximum Gasteiger partial charge on any atom is 0.726 e. The van der Waals surface area contributed by atoms with Crippen molar-refractivity contribution in [3.63, 3.8) is 0 Å². The van der Waals surface area contributed by atoms with Crippen LogP contribution in [0.4, 0.5) is 8.78 Å². The highest BCUT2D eigenvalue weighted by atomic mass is 79.9. The van der Waals surface area contributed by atoms with Crippen LogP contribution in [0.1, 0.15) is 0 Å². The lowest BCUT2D eigenvalue weighted by atomic mass is 11.5. The van der Waals surface area contributed by atoms with Crippen LogP contribution in [0.25, 0.3) is 0 Å². The van der Waals surface area contributed by atoms with E-state index >= 15 is 0 Å². The highest BCUT2D eigenvalue weighted by Crippen LogP contribution is 2.28. The molecule has 0 aromatic carbocycles. The zero-order valence-corrected chi connectivity index (χ0v) is 6.23. The molecular formula is CHBrF2O4P+. The average molecular weight is 226 g/mol. The molecule has 4 nitrogen and oxygen atoms in total. The molecule has 54 valence electrons. The van der Waals surface area contributed by atoms with Gasteiger partial charge in [-0.3, -0.25) is 0 Å². The topological polar surface area (TPSA) is 55.8 Å². The molecule has 0 saturated heterocycles. The summed E-state index contributed by atoms with van der Waals surface area (Å²) in [7, 11) is -3.15. The van der Waals surface area contributed by atoms with Gasteiger partial charge in [0.15, 0.2) is 0 Å². The van der Waals surface area contributed by atoms with Gasteiger partial charge in [0.05, 0.1) is 4.67 Å². The summed E-state index contributed by atoms with van der Waals surface area (Å²) in [5.74, 6) is 0. The molecule has 0 rings (SSSR count). The van der Waals surface area contributed by atoms with Crippen molar-refractivity contribution in [1.29, 1.82) is 0 Å². The number of hydrogen-bond acceptors (Lipinski definition) is 3. The second-order valence-electron chi connectivity index (χ2n) is 0.841. The molecule has 0 radical (unpaired) electrons. The van der Waals surface area contributed by atoms with Gasteiger partial charge in [-0.1, -0.05) is 0 Å². The first-order valence-corrected chi connectivity index (χ1v) is 3.43. The van der Waals surface area contributed by atoms with Gasteiger partial charge < -0.3 is 0 Å². The second kappa shape index (κ2) is 3.48. The molecule has 8 heteroatoms. The van der Waals surface area contributed by atoms with E-state index in [0.717, 1.165) is 0 Å². The van der Waals surface area contributed by atoms with Crippen LogP contribution in [0, 0.1) is 0 Å². The minimum Gasteiger partial charge on any atom is -0.162 e. The summed E-state index contributed by atoms with van der Waals surface area (Å²) in [6.45, 7) is 0. The maximum atomic E-state index is 11.4. The largest absolute Gasteiger partial charge is 0.726 e. The number of rotatable bonds is 3. The summed E-state index contributed by atoms with van der Waals surface area (Å²) < 4.78 is 35.5. The van der Waals surface area contributed by atoms with E-state index in [4.69, 9.17) is 4.89 Å². The van der Waals surface area contributed by atoms with Crippen LogP contribution in [0.3, 0.4) is 0 Å². The van der Waals surface area contributed by atoms with Crippen LogP contribution in [0.2, 0.25) is 0 Å². The van der Waals surface area contributed by atoms with Crippen LogP contribution in [-0.4, -0.2) is 9.91 Å². The first kappa shape index (κ1) is 9.32. The smallest absolute Gasteiger partial charge is 0.162 e. The Hall–Kier alpha value is 0.320. The van der Waals surface area contributed by atoms with Crippen molar-refractivity contribution in [3.05, 3.63) is 0 Å². The number of hydrogen-bond donors (Lipinski definition) is 1. The fourth-order valence-corrected chi connectivity index (χ4v) is 0.400. The molecule has 0 heterocycles. The minimum atomic E-state index is -3.72. The molecule has 0 aromatic rings. The predicted octanol–water partition coefficient (Wildman–Crippen LogP) is 1.53. The highest BCUT2D eigenvalue weighted by molar-refractivity contribution is 9.09. The highest BCUT2D eigenvalue weighted by Gasteiger charge is 2.32. The van der Waals surface area contributed by atoms with Crippen LogP contribution in [0.15, 0.2) is 0 Å². The van der Waals surface area contributed by atoms with Crippen molar-refractivity contribution in [2.45, 2.75) is 5.02 Å². The van der Waals surface area contributed by atoms with E-state index in [0.29, 0.717) is 0 Å². The first-order valence-electron chi connectivity index (χ1n) is 1.50. The van der Waals surface area contributed by atoms with Crippen LogP contribution < -0.4 is 0 Å². The Labute approximate surface area is 57.8 Å². The molecule has 0 aliphatic heterocycles. The van der Waals surface area contributed by atoms with Crippen molar-refractivity contribution in [2.75, 3.05) is 0 Å². The summed E-state index contributed by atoms with van der Waals surface area (Å²) in [6.07, 6.45) is 0.